The SMILES string of the molecule is Fc1ccc(C#CCCl)cc1OCCc1ccncc1. The van der Waals surface area contributed by atoms with Crippen LogP contribution in [-0.2, 0) is 6.42 Å². The van der Waals surface area contributed by atoms with E-state index in [-0.39, 0.29) is 11.6 Å². The molecule has 0 N–H and O–H groups in total. The van der Waals surface area contributed by atoms with Crippen LogP contribution in [-0.4, -0.2) is 17.5 Å². The maximum absolute atomic E-state index is 13.6. The Morgan fingerprint density at radius 1 is 1.20 bits per heavy atom. The fraction of sp³-hybridized carbons (Fsp3) is 0.188. The summed E-state index contributed by atoms with van der Waals surface area (Å²) in [6, 6.07) is 8.34. The van der Waals surface area contributed by atoms with Crippen molar-refractivity contribution in [3.63, 3.8) is 0 Å². The molecule has 0 fully saturated rings. The van der Waals surface area contributed by atoms with E-state index in [9.17, 15) is 4.39 Å². The lowest BCUT2D eigenvalue weighted by atomic mass is 10.2. The van der Waals surface area contributed by atoms with Gasteiger partial charge in [0.1, 0.15) is 0 Å². The number of halogens is 2. The van der Waals surface area contributed by atoms with Crippen LogP contribution in [0.1, 0.15) is 11.1 Å². The predicted octanol–water partition coefficient (Wildman–Crippen LogP) is 3.43. The van der Waals surface area contributed by atoms with Crippen molar-refractivity contribution in [2.24, 2.45) is 0 Å². The molecule has 0 saturated heterocycles. The first-order valence-electron chi connectivity index (χ1n) is 6.15. The molecule has 0 saturated carbocycles. The first-order valence-corrected chi connectivity index (χ1v) is 6.69. The van der Waals surface area contributed by atoms with Gasteiger partial charge in [0.2, 0.25) is 0 Å². The van der Waals surface area contributed by atoms with Crippen LogP contribution >= 0.6 is 11.6 Å². The van der Waals surface area contributed by atoms with E-state index in [0.717, 1.165) is 5.56 Å². The molecule has 2 nitrogen and oxygen atoms in total. The topological polar surface area (TPSA) is 22.1 Å². The van der Waals surface area contributed by atoms with Crippen molar-refractivity contribution in [1.29, 1.82) is 0 Å². The number of pyridine rings is 1. The van der Waals surface area contributed by atoms with Gasteiger partial charge in [-0.05, 0) is 35.9 Å². The van der Waals surface area contributed by atoms with Gasteiger partial charge in [0.25, 0.3) is 0 Å². The molecule has 0 amide bonds. The van der Waals surface area contributed by atoms with Gasteiger partial charge < -0.3 is 4.74 Å². The van der Waals surface area contributed by atoms with Gasteiger partial charge in [0.15, 0.2) is 11.6 Å². The molecule has 2 aromatic rings. The summed E-state index contributed by atoms with van der Waals surface area (Å²) in [5.74, 6) is 5.62. The monoisotopic (exact) mass is 289 g/mol. The zero-order valence-electron chi connectivity index (χ0n) is 10.8. The highest BCUT2D eigenvalue weighted by Crippen LogP contribution is 2.18. The molecule has 20 heavy (non-hydrogen) atoms. The molecule has 0 aliphatic carbocycles. The molecular weight excluding hydrogens is 277 g/mol. The third-order valence-corrected chi connectivity index (χ3v) is 2.76. The highest BCUT2D eigenvalue weighted by atomic mass is 35.5. The molecule has 0 radical (unpaired) electrons. The third-order valence-electron chi connectivity index (χ3n) is 2.63. The summed E-state index contributed by atoms with van der Waals surface area (Å²) < 4.78 is 19.1. The molecular formula is C16H13ClFNO. The Morgan fingerprint density at radius 3 is 2.75 bits per heavy atom. The minimum atomic E-state index is -0.392. The number of nitrogens with zero attached hydrogens (tertiary/aromatic N) is 1. The minimum absolute atomic E-state index is 0.209. The van der Waals surface area contributed by atoms with Gasteiger partial charge in [-0.25, -0.2) is 4.39 Å². The van der Waals surface area contributed by atoms with Gasteiger partial charge in [-0.3, -0.25) is 4.98 Å². The molecule has 102 valence electrons. The quantitative estimate of drug-likeness (QED) is 0.635. The van der Waals surface area contributed by atoms with E-state index in [4.69, 9.17) is 16.3 Å². The van der Waals surface area contributed by atoms with Crippen LogP contribution in [0.15, 0.2) is 42.7 Å². The molecule has 1 aromatic carbocycles. The minimum Gasteiger partial charge on any atom is -0.490 e. The number of hydrogen-bond donors (Lipinski definition) is 0. The van der Waals surface area contributed by atoms with E-state index in [1.165, 1.54) is 6.07 Å². The largest absolute Gasteiger partial charge is 0.490 e. The van der Waals surface area contributed by atoms with Gasteiger partial charge in [-0.15, -0.1) is 11.6 Å². The maximum atomic E-state index is 13.6. The lowest BCUT2D eigenvalue weighted by Crippen LogP contribution is -2.03. The van der Waals surface area contributed by atoms with Crippen LogP contribution in [0.4, 0.5) is 4.39 Å². The van der Waals surface area contributed by atoms with Crippen LogP contribution in [0, 0.1) is 17.7 Å². The third kappa shape index (κ3) is 4.25. The van der Waals surface area contributed by atoms with Crippen molar-refractivity contribution in [2.45, 2.75) is 6.42 Å². The Hall–Kier alpha value is -2.05. The van der Waals surface area contributed by atoms with Gasteiger partial charge in [-0.1, -0.05) is 11.8 Å². The number of aromatic nitrogens is 1. The lowest BCUT2D eigenvalue weighted by molar-refractivity contribution is 0.305. The van der Waals surface area contributed by atoms with E-state index in [1.807, 2.05) is 12.1 Å². The van der Waals surface area contributed by atoms with Crippen molar-refractivity contribution < 1.29 is 9.13 Å². The molecule has 0 aliphatic rings. The van der Waals surface area contributed by atoms with Crippen molar-refractivity contribution >= 4 is 11.6 Å². The predicted molar refractivity (Wildman–Crippen MR) is 77.4 cm³/mol. The normalized spacial score (nSPS) is 9.70. The smallest absolute Gasteiger partial charge is 0.165 e. The average molecular weight is 290 g/mol. The lowest BCUT2D eigenvalue weighted by Gasteiger charge is -2.07. The van der Waals surface area contributed by atoms with Crippen LogP contribution in [0.2, 0.25) is 0 Å². The molecule has 1 heterocycles. The van der Waals surface area contributed by atoms with Gasteiger partial charge in [-0.2, -0.15) is 0 Å². The fourth-order valence-corrected chi connectivity index (χ4v) is 1.72. The van der Waals surface area contributed by atoms with Gasteiger partial charge in [0.05, 0.1) is 12.5 Å². The Balaban J connectivity index is 1.98. The summed E-state index contributed by atoms with van der Waals surface area (Å²) in [7, 11) is 0. The van der Waals surface area contributed by atoms with Crippen LogP contribution in [0.5, 0.6) is 5.75 Å². The molecule has 0 aliphatic heterocycles. The summed E-state index contributed by atoms with van der Waals surface area (Å²) in [5.41, 5.74) is 1.78. The summed E-state index contributed by atoms with van der Waals surface area (Å²) in [4.78, 5) is 3.94. The van der Waals surface area contributed by atoms with Crippen molar-refractivity contribution in [2.75, 3.05) is 12.5 Å². The van der Waals surface area contributed by atoms with E-state index >= 15 is 0 Å². The van der Waals surface area contributed by atoms with Gasteiger partial charge in [0, 0.05) is 24.4 Å². The molecule has 0 bridgehead atoms. The van der Waals surface area contributed by atoms with Crippen LogP contribution in [0.3, 0.4) is 0 Å². The summed E-state index contributed by atoms with van der Waals surface area (Å²) in [5, 5.41) is 0. The van der Waals surface area contributed by atoms with E-state index < -0.39 is 5.82 Å². The van der Waals surface area contributed by atoms with E-state index in [1.54, 1.807) is 24.5 Å². The standard InChI is InChI=1S/C16H13ClFNO/c17-8-1-2-14-3-4-15(18)16(12-14)20-11-7-13-5-9-19-10-6-13/h3-6,9-10,12H,7-8,11H2. The van der Waals surface area contributed by atoms with E-state index in [0.29, 0.717) is 18.6 Å². The second-order valence-electron chi connectivity index (χ2n) is 4.03. The van der Waals surface area contributed by atoms with Crippen LogP contribution < -0.4 is 4.74 Å². The Morgan fingerprint density at radius 2 is 2.00 bits per heavy atom. The number of ether oxygens (including phenoxy) is 1. The zero-order valence-corrected chi connectivity index (χ0v) is 11.5. The van der Waals surface area contributed by atoms with Crippen molar-refractivity contribution in [3.8, 4) is 17.6 Å². The zero-order chi connectivity index (χ0) is 14.2. The second-order valence-corrected chi connectivity index (χ2v) is 4.30. The first kappa shape index (κ1) is 14.4. The molecule has 4 heteroatoms. The molecule has 0 atom stereocenters. The van der Waals surface area contributed by atoms with Gasteiger partial charge >= 0.3 is 0 Å². The Kier molecular flexibility index (Phi) is 5.40. The molecule has 1 aromatic heterocycles. The van der Waals surface area contributed by atoms with Crippen molar-refractivity contribution in [1.82, 2.24) is 4.98 Å². The Bertz CT molecular complexity index is 619. The summed E-state index contributed by atoms with van der Waals surface area (Å²) in [6.07, 6.45) is 4.14. The Labute approximate surface area is 122 Å². The van der Waals surface area contributed by atoms with Crippen LogP contribution in [0.25, 0.3) is 0 Å². The first-order chi connectivity index (χ1) is 9.79. The summed E-state index contributed by atoms with van der Waals surface area (Å²) in [6.45, 7) is 0.396. The number of rotatable bonds is 4. The van der Waals surface area contributed by atoms with E-state index in [2.05, 4.69) is 16.8 Å². The highest BCUT2D eigenvalue weighted by Gasteiger charge is 2.04. The number of benzene rings is 1. The maximum Gasteiger partial charge on any atom is 0.165 e. The molecule has 0 spiro atoms. The number of hydrogen-bond acceptors (Lipinski definition) is 2. The molecule has 2 rings (SSSR count). The number of alkyl halides is 1. The summed E-state index contributed by atoms with van der Waals surface area (Å²) >= 11 is 5.49. The highest BCUT2D eigenvalue weighted by molar-refractivity contribution is 6.19. The van der Waals surface area contributed by atoms with Crippen molar-refractivity contribution in [3.05, 3.63) is 59.7 Å². The average Bonchev–Trinajstić information content (AvgIpc) is 2.49. The second kappa shape index (κ2) is 7.52. The molecule has 0 unspecified atom stereocenters. The fourth-order valence-electron chi connectivity index (χ4n) is 1.66.